The molecule has 0 unspecified atom stereocenters. The van der Waals surface area contributed by atoms with Crippen molar-refractivity contribution in [3.05, 3.63) is 36.5 Å². The molecular weight excluding hydrogens is 221 g/mol. The molecule has 0 saturated carbocycles. The molecule has 0 bridgehead atoms. The molecule has 3 nitrogen and oxygen atoms in total. The van der Waals surface area contributed by atoms with E-state index in [4.69, 9.17) is 5.84 Å². The van der Waals surface area contributed by atoms with E-state index < -0.39 is 0 Å². The van der Waals surface area contributed by atoms with Gasteiger partial charge >= 0.3 is 0 Å². The van der Waals surface area contributed by atoms with Crippen LogP contribution in [0.15, 0.2) is 36.5 Å². The number of aromatic nitrogens is 1. The summed E-state index contributed by atoms with van der Waals surface area (Å²) >= 11 is 0. The molecule has 1 heterocycles. The molecule has 76 valence electrons. The zero-order valence-corrected chi connectivity index (χ0v) is 8.94. The number of nitrogens with one attached hydrogen (secondary N) is 1. The van der Waals surface area contributed by atoms with Gasteiger partial charge in [-0.25, -0.2) is 0 Å². The number of anilines is 1. The molecule has 14 heavy (non-hydrogen) atoms. The van der Waals surface area contributed by atoms with Gasteiger partial charge in [-0.2, -0.15) is 0 Å². The predicted octanol–water partition coefficient (Wildman–Crippen LogP) is 2.36. The number of hydrogen-bond donors (Lipinski definition) is 2. The van der Waals surface area contributed by atoms with E-state index in [0.717, 1.165) is 16.6 Å². The number of hydrogen-bond acceptors (Lipinski definition) is 3. The van der Waals surface area contributed by atoms with E-state index >= 15 is 0 Å². The van der Waals surface area contributed by atoms with Crippen molar-refractivity contribution < 1.29 is 0 Å². The number of nitrogens with two attached hydrogens (primary N) is 1. The molecule has 0 amide bonds. The van der Waals surface area contributed by atoms with Gasteiger partial charge in [-0.1, -0.05) is 6.07 Å². The predicted molar refractivity (Wildman–Crippen MR) is 64.0 cm³/mol. The highest BCUT2D eigenvalue weighted by molar-refractivity contribution is 5.90. The van der Waals surface area contributed by atoms with E-state index in [1.54, 1.807) is 6.20 Å². The molecule has 0 aliphatic heterocycles. The summed E-state index contributed by atoms with van der Waals surface area (Å²) in [6, 6.07) is 9.67. The monoisotopic (exact) mass is 231 g/mol. The second kappa shape index (κ2) is 5.65. The van der Waals surface area contributed by atoms with Gasteiger partial charge in [0.05, 0.1) is 11.2 Å². The minimum Gasteiger partial charge on any atom is -0.323 e. The molecule has 0 saturated heterocycles. The number of rotatable bonds is 1. The SMILES string of the molecule is Cl.Cl.NNc1cccc2ncccc12. The number of nitrogens with zero attached hydrogens (tertiary/aromatic N) is 1. The van der Waals surface area contributed by atoms with Crippen LogP contribution >= 0.6 is 24.8 Å². The molecule has 5 heteroatoms. The molecule has 0 fully saturated rings. The van der Waals surface area contributed by atoms with Gasteiger partial charge in [0.25, 0.3) is 0 Å². The van der Waals surface area contributed by atoms with Gasteiger partial charge in [-0.05, 0) is 24.3 Å². The Kier molecular flexibility index (Phi) is 5.23. The molecule has 0 radical (unpaired) electrons. The highest BCUT2D eigenvalue weighted by Gasteiger charge is 1.96. The maximum Gasteiger partial charge on any atom is 0.0723 e. The van der Waals surface area contributed by atoms with Crippen molar-refractivity contribution in [3.63, 3.8) is 0 Å². The first-order valence-corrected chi connectivity index (χ1v) is 3.72. The quantitative estimate of drug-likeness (QED) is 0.586. The lowest BCUT2D eigenvalue weighted by atomic mass is 10.2. The van der Waals surface area contributed by atoms with Crippen LogP contribution in [0, 0.1) is 0 Å². The normalized spacial score (nSPS) is 8.64. The van der Waals surface area contributed by atoms with E-state index in [1.165, 1.54) is 0 Å². The van der Waals surface area contributed by atoms with Crippen LogP contribution in [0.2, 0.25) is 0 Å². The fourth-order valence-electron chi connectivity index (χ4n) is 1.23. The Hall–Kier alpha value is -1.03. The Balaban J connectivity index is 0.000000845. The zero-order valence-electron chi connectivity index (χ0n) is 7.31. The summed E-state index contributed by atoms with van der Waals surface area (Å²) in [4.78, 5) is 4.19. The molecule has 2 rings (SSSR count). The Labute approximate surface area is 94.5 Å². The molecule has 1 aromatic heterocycles. The molecule has 3 N–H and O–H groups in total. The fourth-order valence-corrected chi connectivity index (χ4v) is 1.23. The smallest absolute Gasteiger partial charge is 0.0723 e. The van der Waals surface area contributed by atoms with Crippen LogP contribution in [-0.2, 0) is 0 Å². The van der Waals surface area contributed by atoms with Crippen LogP contribution in [0.25, 0.3) is 10.9 Å². The van der Waals surface area contributed by atoms with E-state index in [-0.39, 0.29) is 24.8 Å². The number of halogens is 2. The van der Waals surface area contributed by atoms with E-state index in [9.17, 15) is 0 Å². The fraction of sp³-hybridized carbons (Fsp3) is 0. The lowest BCUT2D eigenvalue weighted by molar-refractivity contribution is 1.35. The summed E-state index contributed by atoms with van der Waals surface area (Å²) in [7, 11) is 0. The summed E-state index contributed by atoms with van der Waals surface area (Å²) in [5.74, 6) is 5.34. The molecule has 0 aliphatic carbocycles. The van der Waals surface area contributed by atoms with Gasteiger partial charge in [0.1, 0.15) is 0 Å². The Bertz CT molecular complexity index is 401. The van der Waals surface area contributed by atoms with Crippen molar-refractivity contribution >= 4 is 41.4 Å². The number of pyridine rings is 1. The minimum absolute atomic E-state index is 0. The number of nitrogen functional groups attached to an aromatic ring is 1. The van der Waals surface area contributed by atoms with Crippen LogP contribution in [-0.4, -0.2) is 4.98 Å². The van der Waals surface area contributed by atoms with Gasteiger partial charge < -0.3 is 5.43 Å². The molecule has 0 atom stereocenters. The average molecular weight is 232 g/mol. The van der Waals surface area contributed by atoms with E-state index in [1.807, 2.05) is 30.3 Å². The first-order valence-electron chi connectivity index (χ1n) is 3.72. The summed E-state index contributed by atoms with van der Waals surface area (Å²) in [5, 5.41) is 1.04. The van der Waals surface area contributed by atoms with Crippen molar-refractivity contribution in [2.75, 3.05) is 5.43 Å². The molecule has 0 aliphatic rings. The molecule has 1 aromatic carbocycles. The Morgan fingerprint density at radius 3 is 2.57 bits per heavy atom. The number of hydrazine groups is 1. The lowest BCUT2D eigenvalue weighted by Crippen LogP contribution is -2.06. The molecule has 2 aromatic rings. The number of fused-ring (bicyclic) bond motifs is 1. The highest BCUT2D eigenvalue weighted by atomic mass is 35.5. The second-order valence-electron chi connectivity index (χ2n) is 2.52. The van der Waals surface area contributed by atoms with Crippen LogP contribution in [0.3, 0.4) is 0 Å². The van der Waals surface area contributed by atoms with Crippen molar-refractivity contribution in [2.24, 2.45) is 5.84 Å². The lowest BCUT2D eigenvalue weighted by Gasteiger charge is -2.03. The Morgan fingerprint density at radius 1 is 1.07 bits per heavy atom. The molecular formula is C9H11Cl2N3. The average Bonchev–Trinajstić information content (AvgIpc) is 2.17. The highest BCUT2D eigenvalue weighted by Crippen LogP contribution is 2.19. The van der Waals surface area contributed by atoms with Crippen LogP contribution in [0.4, 0.5) is 5.69 Å². The van der Waals surface area contributed by atoms with Crippen molar-refractivity contribution in [3.8, 4) is 0 Å². The summed E-state index contributed by atoms with van der Waals surface area (Å²) in [5.41, 5.74) is 4.49. The maximum atomic E-state index is 5.34. The van der Waals surface area contributed by atoms with E-state index in [0.29, 0.717) is 0 Å². The van der Waals surface area contributed by atoms with Gasteiger partial charge in [-0.15, -0.1) is 24.8 Å². The topological polar surface area (TPSA) is 50.9 Å². The van der Waals surface area contributed by atoms with Crippen molar-refractivity contribution in [1.82, 2.24) is 4.98 Å². The summed E-state index contributed by atoms with van der Waals surface area (Å²) in [6.45, 7) is 0. The van der Waals surface area contributed by atoms with E-state index in [2.05, 4.69) is 10.4 Å². The first kappa shape index (κ1) is 13.0. The van der Waals surface area contributed by atoms with Crippen molar-refractivity contribution in [1.29, 1.82) is 0 Å². The number of benzene rings is 1. The van der Waals surface area contributed by atoms with Crippen LogP contribution < -0.4 is 11.3 Å². The van der Waals surface area contributed by atoms with Crippen LogP contribution in [0.1, 0.15) is 0 Å². The zero-order chi connectivity index (χ0) is 8.39. The maximum absolute atomic E-state index is 5.34. The third kappa shape index (κ3) is 2.26. The second-order valence-corrected chi connectivity index (χ2v) is 2.52. The van der Waals surface area contributed by atoms with Gasteiger partial charge in [0.15, 0.2) is 0 Å². The summed E-state index contributed by atoms with van der Waals surface area (Å²) < 4.78 is 0. The van der Waals surface area contributed by atoms with Crippen molar-refractivity contribution in [2.45, 2.75) is 0 Å². The summed E-state index contributed by atoms with van der Waals surface area (Å²) in [6.07, 6.45) is 1.77. The van der Waals surface area contributed by atoms with Crippen LogP contribution in [0.5, 0.6) is 0 Å². The third-order valence-electron chi connectivity index (χ3n) is 1.80. The largest absolute Gasteiger partial charge is 0.323 e. The minimum atomic E-state index is 0. The van der Waals surface area contributed by atoms with Gasteiger partial charge in [0, 0.05) is 11.6 Å². The van der Waals surface area contributed by atoms with Gasteiger partial charge in [0.2, 0.25) is 0 Å². The molecule has 0 spiro atoms. The van der Waals surface area contributed by atoms with Gasteiger partial charge in [-0.3, -0.25) is 10.8 Å². The standard InChI is InChI=1S/C9H9N3.2ClH/c10-12-9-5-1-4-8-7(9)3-2-6-11-8;;/h1-6,12H,10H2;2*1H. The Morgan fingerprint density at radius 2 is 1.86 bits per heavy atom. The first-order chi connectivity index (χ1) is 5.92. The third-order valence-corrected chi connectivity index (χ3v) is 1.80.